The molecule has 0 aromatic heterocycles. The molecule has 2 atom stereocenters. The Kier molecular flexibility index (Phi) is 6.37. The van der Waals surface area contributed by atoms with Gasteiger partial charge in [0, 0.05) is 55.7 Å². The maximum atomic E-state index is 12.1. The van der Waals surface area contributed by atoms with Crippen LogP contribution in [0.4, 0.5) is 5.69 Å². The van der Waals surface area contributed by atoms with Crippen LogP contribution in [0.2, 0.25) is 0 Å². The summed E-state index contributed by atoms with van der Waals surface area (Å²) in [6.07, 6.45) is 1.28. The molecule has 1 aromatic carbocycles. The van der Waals surface area contributed by atoms with Crippen molar-refractivity contribution in [2.75, 3.05) is 36.5 Å². The first-order valence-electron chi connectivity index (χ1n) is 9.08. The van der Waals surface area contributed by atoms with Crippen LogP contribution in [0.25, 0.3) is 0 Å². The van der Waals surface area contributed by atoms with Gasteiger partial charge in [-0.15, -0.1) is 0 Å². The number of nitrogens with one attached hydrogen (secondary N) is 2. The van der Waals surface area contributed by atoms with Crippen LogP contribution < -0.4 is 10.6 Å². The molecule has 3 rings (SSSR count). The highest BCUT2D eigenvalue weighted by Crippen LogP contribution is 2.37. The normalized spacial score (nSPS) is 23.1. The third-order valence-electron chi connectivity index (χ3n) is 4.82. The molecule has 25 heavy (non-hydrogen) atoms. The minimum Gasteiger partial charge on any atom is -0.355 e. The number of carbonyl (C=O) groups is 2. The van der Waals surface area contributed by atoms with E-state index in [0.29, 0.717) is 18.9 Å². The molecule has 1 heterocycles. The highest BCUT2D eigenvalue weighted by atomic mass is 32.2. The van der Waals surface area contributed by atoms with E-state index in [1.165, 1.54) is 17.1 Å². The number of hydrogen-bond donors (Lipinski definition) is 2. The van der Waals surface area contributed by atoms with Crippen LogP contribution in [0.15, 0.2) is 24.3 Å². The lowest BCUT2D eigenvalue weighted by Gasteiger charge is -2.26. The molecule has 1 saturated heterocycles. The summed E-state index contributed by atoms with van der Waals surface area (Å²) in [7, 11) is 0. The smallest absolute Gasteiger partial charge is 0.226 e. The molecule has 6 heteroatoms. The first-order valence-corrected chi connectivity index (χ1v) is 10.2. The number of benzene rings is 1. The van der Waals surface area contributed by atoms with E-state index in [2.05, 4.69) is 28.5 Å². The molecule has 2 unspecified atom stereocenters. The SMILES string of the molecule is CC1CC1C(=O)NCCC(=O)Nc1cccc(CN2CCSCC2)c1. The van der Waals surface area contributed by atoms with Gasteiger partial charge in [-0.3, -0.25) is 14.5 Å². The van der Waals surface area contributed by atoms with Gasteiger partial charge in [0.1, 0.15) is 0 Å². The summed E-state index contributed by atoms with van der Waals surface area (Å²) < 4.78 is 0. The number of rotatable bonds is 7. The average Bonchev–Trinajstić information content (AvgIpc) is 3.33. The first-order chi connectivity index (χ1) is 12.1. The second-order valence-corrected chi connectivity index (χ2v) is 8.22. The van der Waals surface area contributed by atoms with Crippen molar-refractivity contribution in [1.82, 2.24) is 10.2 Å². The third-order valence-corrected chi connectivity index (χ3v) is 5.76. The van der Waals surface area contributed by atoms with Gasteiger partial charge in [0.2, 0.25) is 11.8 Å². The molecule has 5 nitrogen and oxygen atoms in total. The number of thioether (sulfide) groups is 1. The van der Waals surface area contributed by atoms with Crippen molar-refractivity contribution < 1.29 is 9.59 Å². The molecule has 2 aliphatic rings. The fourth-order valence-corrected chi connectivity index (χ4v) is 4.08. The van der Waals surface area contributed by atoms with E-state index in [-0.39, 0.29) is 17.7 Å². The molecule has 0 radical (unpaired) electrons. The monoisotopic (exact) mass is 361 g/mol. The van der Waals surface area contributed by atoms with E-state index in [1.807, 2.05) is 30.0 Å². The van der Waals surface area contributed by atoms with E-state index in [9.17, 15) is 9.59 Å². The Hall–Kier alpha value is -1.53. The molecular weight excluding hydrogens is 334 g/mol. The fourth-order valence-electron chi connectivity index (χ4n) is 3.11. The summed E-state index contributed by atoms with van der Waals surface area (Å²) in [6, 6.07) is 8.05. The Balaban J connectivity index is 1.41. The van der Waals surface area contributed by atoms with E-state index >= 15 is 0 Å². The molecule has 0 spiro atoms. The molecule has 1 saturated carbocycles. The van der Waals surface area contributed by atoms with Crippen molar-refractivity contribution in [3.8, 4) is 0 Å². The third kappa shape index (κ3) is 5.75. The van der Waals surface area contributed by atoms with Crippen LogP contribution in [0.5, 0.6) is 0 Å². The van der Waals surface area contributed by atoms with E-state index in [1.54, 1.807) is 0 Å². The maximum absolute atomic E-state index is 12.1. The Morgan fingerprint density at radius 2 is 2.04 bits per heavy atom. The largest absolute Gasteiger partial charge is 0.355 e. The van der Waals surface area contributed by atoms with Crippen molar-refractivity contribution in [2.45, 2.75) is 26.3 Å². The summed E-state index contributed by atoms with van der Waals surface area (Å²) in [6.45, 7) is 5.66. The minimum absolute atomic E-state index is 0.0596. The Morgan fingerprint density at radius 3 is 2.76 bits per heavy atom. The fraction of sp³-hybridized carbons (Fsp3) is 0.579. The van der Waals surface area contributed by atoms with Crippen LogP contribution in [0, 0.1) is 11.8 Å². The van der Waals surface area contributed by atoms with E-state index in [4.69, 9.17) is 0 Å². The summed E-state index contributed by atoms with van der Waals surface area (Å²) >= 11 is 2.01. The molecule has 2 N–H and O–H groups in total. The molecule has 136 valence electrons. The van der Waals surface area contributed by atoms with Crippen LogP contribution >= 0.6 is 11.8 Å². The van der Waals surface area contributed by atoms with Gasteiger partial charge in [-0.2, -0.15) is 11.8 Å². The van der Waals surface area contributed by atoms with Gasteiger partial charge in [0.05, 0.1) is 0 Å². The van der Waals surface area contributed by atoms with Crippen molar-refractivity contribution >= 4 is 29.3 Å². The maximum Gasteiger partial charge on any atom is 0.226 e. The number of carbonyl (C=O) groups excluding carboxylic acids is 2. The summed E-state index contributed by atoms with van der Waals surface area (Å²) in [4.78, 5) is 26.3. The van der Waals surface area contributed by atoms with Crippen molar-refractivity contribution in [3.63, 3.8) is 0 Å². The van der Waals surface area contributed by atoms with Crippen molar-refractivity contribution in [1.29, 1.82) is 0 Å². The zero-order valence-corrected chi connectivity index (χ0v) is 15.6. The number of amides is 2. The van der Waals surface area contributed by atoms with Crippen molar-refractivity contribution in [2.24, 2.45) is 11.8 Å². The van der Waals surface area contributed by atoms with Gasteiger partial charge in [-0.25, -0.2) is 0 Å². The second-order valence-electron chi connectivity index (χ2n) is 7.00. The molecular formula is C19H27N3O2S. The molecule has 1 aliphatic carbocycles. The predicted molar refractivity (Wildman–Crippen MR) is 103 cm³/mol. The lowest BCUT2D eigenvalue weighted by Crippen LogP contribution is -2.32. The molecule has 2 amide bonds. The number of nitrogens with zero attached hydrogens (tertiary/aromatic N) is 1. The molecule has 0 bridgehead atoms. The number of hydrogen-bond acceptors (Lipinski definition) is 4. The summed E-state index contributed by atoms with van der Waals surface area (Å²) in [5.74, 6) is 3.07. The van der Waals surface area contributed by atoms with Crippen LogP contribution in [0.3, 0.4) is 0 Å². The Morgan fingerprint density at radius 1 is 1.28 bits per heavy atom. The zero-order chi connectivity index (χ0) is 17.6. The van der Waals surface area contributed by atoms with E-state index in [0.717, 1.165) is 31.7 Å². The van der Waals surface area contributed by atoms with Gasteiger partial charge in [-0.1, -0.05) is 19.1 Å². The Bertz CT molecular complexity index is 616. The topological polar surface area (TPSA) is 61.4 Å². The average molecular weight is 362 g/mol. The van der Waals surface area contributed by atoms with Gasteiger partial charge in [0.15, 0.2) is 0 Å². The summed E-state index contributed by atoms with van der Waals surface area (Å²) in [5, 5.41) is 5.78. The second kappa shape index (κ2) is 8.72. The van der Waals surface area contributed by atoms with Gasteiger partial charge < -0.3 is 10.6 Å². The molecule has 2 fully saturated rings. The summed E-state index contributed by atoms with van der Waals surface area (Å²) in [5.41, 5.74) is 2.05. The van der Waals surface area contributed by atoms with Gasteiger partial charge >= 0.3 is 0 Å². The molecule has 1 aromatic rings. The lowest BCUT2D eigenvalue weighted by atomic mass is 10.2. The van der Waals surface area contributed by atoms with Gasteiger partial charge in [-0.05, 0) is 30.0 Å². The highest BCUT2D eigenvalue weighted by molar-refractivity contribution is 7.99. The predicted octanol–water partition coefficient (Wildman–Crippen LogP) is 2.34. The Labute approximate surface area is 153 Å². The van der Waals surface area contributed by atoms with Crippen LogP contribution in [0.1, 0.15) is 25.3 Å². The minimum atomic E-state index is -0.0596. The highest BCUT2D eigenvalue weighted by Gasteiger charge is 2.38. The van der Waals surface area contributed by atoms with E-state index < -0.39 is 0 Å². The molecule has 1 aliphatic heterocycles. The standard InChI is InChI=1S/C19H27N3O2S/c1-14-11-17(14)19(24)20-6-5-18(23)21-16-4-2-3-15(12-16)13-22-7-9-25-10-8-22/h2-4,12,14,17H,5-11,13H2,1H3,(H,20,24)(H,21,23). The van der Waals surface area contributed by atoms with Crippen LogP contribution in [-0.2, 0) is 16.1 Å². The zero-order valence-electron chi connectivity index (χ0n) is 14.8. The van der Waals surface area contributed by atoms with Gasteiger partial charge in [0.25, 0.3) is 0 Å². The first kappa shape index (κ1) is 18.3. The lowest BCUT2D eigenvalue weighted by molar-refractivity contribution is -0.122. The number of anilines is 1. The quantitative estimate of drug-likeness (QED) is 0.783. The van der Waals surface area contributed by atoms with Crippen LogP contribution in [-0.4, -0.2) is 47.9 Å². The van der Waals surface area contributed by atoms with Crippen molar-refractivity contribution in [3.05, 3.63) is 29.8 Å².